The number of carbonyl (C=O) groups is 3. The lowest BCUT2D eigenvalue weighted by atomic mass is 9.90. The Bertz CT molecular complexity index is 1120. The lowest BCUT2D eigenvalue weighted by Crippen LogP contribution is -2.49. The summed E-state index contributed by atoms with van der Waals surface area (Å²) in [5.41, 5.74) is 2.42. The second-order valence-corrected chi connectivity index (χ2v) is 8.34. The number of amides is 2. The highest BCUT2D eigenvalue weighted by Gasteiger charge is 2.33. The molecule has 3 aromatic rings. The number of benzene rings is 2. The number of para-hydroxylation sites is 1. The van der Waals surface area contributed by atoms with E-state index in [4.69, 9.17) is 0 Å². The zero-order valence-electron chi connectivity index (χ0n) is 18.0. The number of aliphatic carboxylic acids is 1. The number of carboxylic acids is 1. The SMILES string of the molecule is CC(c1c[nH]c2ccccc12)C(NC(=O)C1CCN(C(=O)c2ccccc2)CC1)C(=O)O. The first kappa shape index (κ1) is 21.6. The average Bonchev–Trinajstić information content (AvgIpc) is 3.26. The van der Waals surface area contributed by atoms with E-state index in [1.165, 1.54) is 0 Å². The molecule has 0 saturated carbocycles. The maximum Gasteiger partial charge on any atom is 0.326 e. The molecule has 7 heteroatoms. The minimum Gasteiger partial charge on any atom is -0.480 e. The molecule has 166 valence electrons. The van der Waals surface area contributed by atoms with Crippen molar-refractivity contribution in [3.63, 3.8) is 0 Å². The first-order valence-electron chi connectivity index (χ1n) is 10.9. The Morgan fingerprint density at radius 3 is 2.38 bits per heavy atom. The van der Waals surface area contributed by atoms with E-state index in [0.717, 1.165) is 16.5 Å². The maximum absolute atomic E-state index is 12.9. The molecule has 1 aromatic heterocycles. The topological polar surface area (TPSA) is 103 Å². The smallest absolute Gasteiger partial charge is 0.326 e. The first-order chi connectivity index (χ1) is 15.5. The molecule has 2 atom stereocenters. The van der Waals surface area contributed by atoms with Crippen LogP contribution < -0.4 is 5.32 Å². The van der Waals surface area contributed by atoms with Crippen LogP contribution in [0, 0.1) is 5.92 Å². The van der Waals surface area contributed by atoms with Gasteiger partial charge in [-0.1, -0.05) is 43.3 Å². The van der Waals surface area contributed by atoms with Gasteiger partial charge in [0.15, 0.2) is 0 Å². The highest BCUT2D eigenvalue weighted by molar-refractivity contribution is 5.94. The number of H-pyrrole nitrogens is 1. The molecule has 0 bridgehead atoms. The van der Waals surface area contributed by atoms with Crippen molar-refractivity contribution < 1.29 is 19.5 Å². The van der Waals surface area contributed by atoms with Crippen molar-refractivity contribution in [3.05, 3.63) is 71.9 Å². The number of aromatic nitrogens is 1. The molecule has 1 saturated heterocycles. The van der Waals surface area contributed by atoms with E-state index in [0.29, 0.717) is 31.5 Å². The monoisotopic (exact) mass is 433 g/mol. The summed E-state index contributed by atoms with van der Waals surface area (Å²) >= 11 is 0. The molecule has 1 fully saturated rings. The van der Waals surface area contributed by atoms with Crippen molar-refractivity contribution in [2.45, 2.75) is 31.7 Å². The molecule has 1 aliphatic rings. The Balaban J connectivity index is 1.40. The normalized spacial score (nSPS) is 16.5. The molecule has 7 nitrogen and oxygen atoms in total. The van der Waals surface area contributed by atoms with Crippen LogP contribution in [0.25, 0.3) is 10.9 Å². The summed E-state index contributed by atoms with van der Waals surface area (Å²) in [7, 11) is 0. The zero-order chi connectivity index (χ0) is 22.7. The van der Waals surface area contributed by atoms with E-state index in [2.05, 4.69) is 10.3 Å². The Morgan fingerprint density at radius 2 is 1.69 bits per heavy atom. The van der Waals surface area contributed by atoms with Gasteiger partial charge in [0.2, 0.25) is 5.91 Å². The number of hydrogen-bond acceptors (Lipinski definition) is 3. The van der Waals surface area contributed by atoms with Gasteiger partial charge in [-0.2, -0.15) is 0 Å². The Labute approximate surface area is 186 Å². The van der Waals surface area contributed by atoms with E-state index >= 15 is 0 Å². The third-order valence-electron chi connectivity index (χ3n) is 6.35. The van der Waals surface area contributed by atoms with Gasteiger partial charge in [-0.3, -0.25) is 9.59 Å². The molecule has 0 aliphatic carbocycles. The highest BCUT2D eigenvalue weighted by Crippen LogP contribution is 2.28. The summed E-state index contributed by atoms with van der Waals surface area (Å²) < 4.78 is 0. The molecular formula is C25H27N3O4. The van der Waals surface area contributed by atoms with Crippen LogP contribution in [0.2, 0.25) is 0 Å². The average molecular weight is 434 g/mol. The quantitative estimate of drug-likeness (QED) is 0.554. The van der Waals surface area contributed by atoms with Crippen LogP contribution in [0.5, 0.6) is 0 Å². The largest absolute Gasteiger partial charge is 0.480 e. The maximum atomic E-state index is 12.9. The molecule has 32 heavy (non-hydrogen) atoms. The van der Waals surface area contributed by atoms with E-state index in [1.807, 2.05) is 55.6 Å². The Morgan fingerprint density at radius 1 is 1.03 bits per heavy atom. The van der Waals surface area contributed by atoms with Crippen LogP contribution in [0.4, 0.5) is 0 Å². The standard InChI is InChI=1S/C25H27N3O4/c1-16(20-15-26-21-10-6-5-9-19(20)21)22(25(31)32)27-23(29)17-11-13-28(14-12-17)24(30)18-7-3-2-4-8-18/h2-10,15-17,22,26H,11-14H2,1H3,(H,27,29)(H,31,32). The summed E-state index contributed by atoms with van der Waals surface area (Å²) in [6.45, 7) is 2.76. The number of hydrogen-bond donors (Lipinski definition) is 3. The van der Waals surface area contributed by atoms with E-state index in [-0.39, 0.29) is 17.7 Å². The number of nitrogens with zero attached hydrogens (tertiary/aromatic N) is 1. The van der Waals surface area contributed by atoms with Gasteiger partial charge in [0.25, 0.3) is 5.91 Å². The molecule has 0 radical (unpaired) electrons. The third-order valence-corrected chi connectivity index (χ3v) is 6.35. The first-order valence-corrected chi connectivity index (χ1v) is 10.9. The molecule has 3 N–H and O–H groups in total. The minimum atomic E-state index is -1.06. The fourth-order valence-electron chi connectivity index (χ4n) is 4.43. The van der Waals surface area contributed by atoms with Crippen molar-refractivity contribution in [1.82, 2.24) is 15.2 Å². The van der Waals surface area contributed by atoms with Crippen LogP contribution in [0.15, 0.2) is 60.8 Å². The minimum absolute atomic E-state index is 0.0409. The van der Waals surface area contributed by atoms with Gasteiger partial charge in [-0.05, 0) is 36.6 Å². The van der Waals surface area contributed by atoms with Crippen molar-refractivity contribution >= 4 is 28.7 Å². The number of nitrogens with one attached hydrogen (secondary N) is 2. The van der Waals surface area contributed by atoms with Crippen LogP contribution >= 0.6 is 0 Å². The molecule has 1 aliphatic heterocycles. The van der Waals surface area contributed by atoms with Gasteiger partial charge in [-0.25, -0.2) is 4.79 Å². The number of piperidine rings is 1. The van der Waals surface area contributed by atoms with Crippen molar-refractivity contribution in [2.24, 2.45) is 5.92 Å². The Kier molecular flexibility index (Phi) is 6.25. The summed E-state index contributed by atoms with van der Waals surface area (Å²) in [5, 5.41) is 13.5. The number of rotatable bonds is 6. The highest BCUT2D eigenvalue weighted by atomic mass is 16.4. The van der Waals surface area contributed by atoms with Gasteiger partial charge in [0.05, 0.1) is 0 Å². The number of carbonyl (C=O) groups excluding carboxylic acids is 2. The van der Waals surface area contributed by atoms with E-state index < -0.39 is 17.9 Å². The van der Waals surface area contributed by atoms with Gasteiger partial charge >= 0.3 is 5.97 Å². The fourth-order valence-corrected chi connectivity index (χ4v) is 4.43. The summed E-state index contributed by atoms with van der Waals surface area (Å²) in [4.78, 5) is 42.5. The number of likely N-dealkylation sites (tertiary alicyclic amines) is 1. The van der Waals surface area contributed by atoms with E-state index in [1.54, 1.807) is 17.0 Å². The van der Waals surface area contributed by atoms with Gasteiger partial charge in [0.1, 0.15) is 6.04 Å². The molecule has 2 aromatic carbocycles. The van der Waals surface area contributed by atoms with Crippen molar-refractivity contribution in [1.29, 1.82) is 0 Å². The molecule has 2 heterocycles. The van der Waals surface area contributed by atoms with Gasteiger partial charge in [0, 0.05) is 47.6 Å². The van der Waals surface area contributed by atoms with Crippen LogP contribution in [-0.4, -0.2) is 51.9 Å². The second kappa shape index (κ2) is 9.26. The zero-order valence-corrected chi connectivity index (χ0v) is 18.0. The fraction of sp³-hybridized carbons (Fsp3) is 0.320. The van der Waals surface area contributed by atoms with Crippen molar-refractivity contribution in [3.8, 4) is 0 Å². The second-order valence-electron chi connectivity index (χ2n) is 8.34. The third kappa shape index (κ3) is 4.37. The lowest BCUT2D eigenvalue weighted by molar-refractivity contribution is -0.143. The lowest BCUT2D eigenvalue weighted by Gasteiger charge is -2.32. The number of aromatic amines is 1. The summed E-state index contributed by atoms with van der Waals surface area (Å²) in [6, 6.07) is 15.7. The van der Waals surface area contributed by atoms with Crippen LogP contribution in [0.1, 0.15) is 41.6 Å². The van der Waals surface area contributed by atoms with Crippen molar-refractivity contribution in [2.75, 3.05) is 13.1 Å². The van der Waals surface area contributed by atoms with Crippen LogP contribution in [0.3, 0.4) is 0 Å². The predicted octanol–water partition coefficient (Wildman–Crippen LogP) is 3.39. The van der Waals surface area contributed by atoms with Crippen LogP contribution in [-0.2, 0) is 9.59 Å². The Hall–Kier alpha value is -3.61. The predicted molar refractivity (Wildman–Crippen MR) is 121 cm³/mol. The molecular weight excluding hydrogens is 406 g/mol. The van der Waals surface area contributed by atoms with E-state index in [9.17, 15) is 19.5 Å². The number of fused-ring (bicyclic) bond motifs is 1. The molecule has 0 spiro atoms. The molecule has 4 rings (SSSR count). The molecule has 2 amide bonds. The molecule has 2 unspecified atom stereocenters. The summed E-state index contributed by atoms with van der Waals surface area (Å²) in [5.74, 6) is -2.09. The van der Waals surface area contributed by atoms with Gasteiger partial charge < -0.3 is 20.3 Å². The summed E-state index contributed by atoms with van der Waals surface area (Å²) in [6.07, 6.45) is 2.83. The van der Waals surface area contributed by atoms with Gasteiger partial charge in [-0.15, -0.1) is 0 Å². The number of carboxylic acid groups (broad SMARTS) is 1.